The lowest BCUT2D eigenvalue weighted by molar-refractivity contribution is -0.137. The Morgan fingerprint density at radius 2 is 2.04 bits per heavy atom. The molecule has 2 bridgehead atoms. The van der Waals surface area contributed by atoms with E-state index in [4.69, 9.17) is 0 Å². The average Bonchev–Trinajstić information content (AvgIpc) is 2.79. The van der Waals surface area contributed by atoms with Crippen LogP contribution in [0.1, 0.15) is 18.4 Å². The summed E-state index contributed by atoms with van der Waals surface area (Å²) in [5, 5.41) is 10.1. The molecule has 2 N–H and O–H groups in total. The number of alkyl halides is 3. The number of anilines is 1. The number of amides is 1. The van der Waals surface area contributed by atoms with Crippen LogP contribution in [0.2, 0.25) is 0 Å². The second-order valence-corrected chi connectivity index (χ2v) is 6.21. The molecule has 5 rings (SSSR count). The summed E-state index contributed by atoms with van der Waals surface area (Å²) in [7, 11) is 0. The molecule has 0 aliphatic carbocycles. The predicted octanol–water partition coefficient (Wildman–Crippen LogP) is 2.30. The standard InChI is InChI=1S/C15H15F3N4O/c16-15(17,18)9-3-12-11(5-19-21-12)13(4-9)22-6-8-1-2-10(7-22)20-14(8)23/h3-5,8,10H,1-2,6-7H2,(H,19,21)(H,20,23)/t8-,10+/m1/s1. The molecule has 2 atom stereocenters. The number of benzene rings is 1. The number of nitrogens with zero attached hydrogens (tertiary/aromatic N) is 2. The van der Waals surface area contributed by atoms with Gasteiger partial charge in [0, 0.05) is 30.2 Å². The molecule has 122 valence electrons. The number of hydrogen-bond acceptors (Lipinski definition) is 3. The third-order valence-corrected chi connectivity index (χ3v) is 4.67. The van der Waals surface area contributed by atoms with Crippen LogP contribution in [0.5, 0.6) is 0 Å². The monoisotopic (exact) mass is 324 g/mol. The predicted molar refractivity (Wildman–Crippen MR) is 78.0 cm³/mol. The number of hydrogen-bond donors (Lipinski definition) is 2. The summed E-state index contributed by atoms with van der Waals surface area (Å²) < 4.78 is 39.5. The van der Waals surface area contributed by atoms with Crippen molar-refractivity contribution in [3.8, 4) is 0 Å². The Balaban J connectivity index is 1.81. The van der Waals surface area contributed by atoms with Gasteiger partial charge in [-0.25, -0.2) is 0 Å². The van der Waals surface area contributed by atoms with E-state index in [1.54, 1.807) is 0 Å². The zero-order chi connectivity index (χ0) is 16.2. The van der Waals surface area contributed by atoms with Crippen molar-refractivity contribution in [1.29, 1.82) is 0 Å². The fraction of sp³-hybridized carbons (Fsp3) is 0.467. The van der Waals surface area contributed by atoms with E-state index in [0.29, 0.717) is 29.7 Å². The molecule has 0 spiro atoms. The third kappa shape index (κ3) is 2.42. The van der Waals surface area contributed by atoms with Crippen LogP contribution in [0.3, 0.4) is 0 Å². The van der Waals surface area contributed by atoms with E-state index in [9.17, 15) is 18.0 Å². The highest BCUT2D eigenvalue weighted by Gasteiger charge is 2.37. The Labute approximate surface area is 129 Å². The zero-order valence-corrected chi connectivity index (χ0v) is 12.2. The van der Waals surface area contributed by atoms with Crippen molar-refractivity contribution in [1.82, 2.24) is 15.5 Å². The molecule has 8 heteroatoms. The van der Waals surface area contributed by atoms with Crippen LogP contribution in [0.4, 0.5) is 18.9 Å². The number of piperidine rings is 1. The fourth-order valence-electron chi connectivity index (χ4n) is 3.50. The molecule has 3 aliphatic rings. The van der Waals surface area contributed by atoms with Crippen molar-refractivity contribution in [2.75, 3.05) is 18.0 Å². The van der Waals surface area contributed by atoms with Crippen LogP contribution >= 0.6 is 0 Å². The number of aromatic amines is 1. The first-order valence-electron chi connectivity index (χ1n) is 7.51. The van der Waals surface area contributed by atoms with E-state index in [1.165, 1.54) is 6.20 Å². The Kier molecular flexibility index (Phi) is 3.04. The highest BCUT2D eigenvalue weighted by atomic mass is 19.4. The maximum atomic E-state index is 13.2. The van der Waals surface area contributed by atoms with Crippen LogP contribution in [0.15, 0.2) is 18.3 Å². The van der Waals surface area contributed by atoms with Crippen molar-refractivity contribution in [3.05, 3.63) is 23.9 Å². The fourth-order valence-corrected chi connectivity index (χ4v) is 3.50. The van der Waals surface area contributed by atoms with Gasteiger partial charge < -0.3 is 10.2 Å². The second kappa shape index (κ2) is 4.87. The number of carbonyl (C=O) groups excluding carboxylic acids is 1. The molecular formula is C15H15F3N4O. The van der Waals surface area contributed by atoms with Crippen molar-refractivity contribution in [2.45, 2.75) is 25.1 Å². The number of fused-ring (bicyclic) bond motifs is 5. The minimum absolute atomic E-state index is 0.000775. The molecule has 0 saturated carbocycles. The smallest absolute Gasteiger partial charge is 0.368 e. The topological polar surface area (TPSA) is 61.0 Å². The number of H-pyrrole nitrogens is 1. The van der Waals surface area contributed by atoms with Crippen LogP contribution < -0.4 is 10.2 Å². The second-order valence-electron chi connectivity index (χ2n) is 6.21. The molecule has 1 aromatic heterocycles. The molecule has 5 nitrogen and oxygen atoms in total. The molecule has 3 saturated heterocycles. The van der Waals surface area contributed by atoms with Gasteiger partial charge in [0.25, 0.3) is 0 Å². The molecule has 1 aromatic carbocycles. The van der Waals surface area contributed by atoms with Gasteiger partial charge in [0.1, 0.15) is 0 Å². The summed E-state index contributed by atoms with van der Waals surface area (Å²) in [6.07, 6.45) is -1.25. The maximum Gasteiger partial charge on any atom is 0.416 e. The summed E-state index contributed by atoms with van der Waals surface area (Å²) in [4.78, 5) is 13.8. The Morgan fingerprint density at radius 3 is 2.78 bits per heavy atom. The van der Waals surface area contributed by atoms with Gasteiger partial charge in [0.05, 0.1) is 23.2 Å². The largest absolute Gasteiger partial charge is 0.416 e. The van der Waals surface area contributed by atoms with Crippen molar-refractivity contribution < 1.29 is 18.0 Å². The van der Waals surface area contributed by atoms with Crippen LogP contribution in [0, 0.1) is 5.92 Å². The number of nitrogens with one attached hydrogen (secondary N) is 2. The van der Waals surface area contributed by atoms with Gasteiger partial charge in [0.15, 0.2) is 0 Å². The summed E-state index contributed by atoms with van der Waals surface area (Å²) in [6.45, 7) is 0.952. The summed E-state index contributed by atoms with van der Waals surface area (Å²) in [5.74, 6) is -0.176. The van der Waals surface area contributed by atoms with Crippen molar-refractivity contribution in [3.63, 3.8) is 0 Å². The molecule has 3 fully saturated rings. The lowest BCUT2D eigenvalue weighted by atomic mass is 9.96. The number of aromatic nitrogens is 2. The molecule has 0 unspecified atom stereocenters. The van der Waals surface area contributed by atoms with Crippen LogP contribution in [-0.4, -0.2) is 35.2 Å². The highest BCUT2D eigenvalue weighted by Crippen LogP contribution is 2.37. The minimum atomic E-state index is -4.42. The number of halogens is 3. The van der Waals surface area contributed by atoms with Crippen LogP contribution in [-0.2, 0) is 11.0 Å². The minimum Gasteiger partial charge on any atom is -0.368 e. The molecule has 0 radical (unpaired) electrons. The van der Waals surface area contributed by atoms with E-state index >= 15 is 0 Å². The molecule has 4 heterocycles. The first-order valence-corrected chi connectivity index (χ1v) is 7.51. The normalized spacial score (nSPS) is 24.8. The van der Waals surface area contributed by atoms with Gasteiger partial charge in [0.2, 0.25) is 5.91 Å². The lowest BCUT2D eigenvalue weighted by Gasteiger charge is -2.26. The summed E-state index contributed by atoms with van der Waals surface area (Å²) in [5.41, 5.74) is 0.128. The molecule has 23 heavy (non-hydrogen) atoms. The van der Waals surface area contributed by atoms with Crippen molar-refractivity contribution >= 4 is 22.5 Å². The number of rotatable bonds is 1. The van der Waals surface area contributed by atoms with E-state index in [0.717, 1.165) is 25.0 Å². The Hall–Kier alpha value is -2.25. The van der Waals surface area contributed by atoms with Gasteiger partial charge in [-0.2, -0.15) is 18.3 Å². The molecule has 1 amide bonds. The molecule has 3 aliphatic heterocycles. The van der Waals surface area contributed by atoms with Crippen LogP contribution in [0.25, 0.3) is 10.9 Å². The SMILES string of the molecule is O=C1N[C@H]2CC[C@@H]1CN(c1cc(C(F)(F)F)cc3[nH]ncc13)C2. The highest BCUT2D eigenvalue weighted by molar-refractivity contribution is 5.93. The van der Waals surface area contributed by atoms with Gasteiger partial charge in [-0.05, 0) is 25.0 Å². The lowest BCUT2D eigenvalue weighted by Crippen LogP contribution is -2.43. The summed E-state index contributed by atoms with van der Waals surface area (Å²) >= 11 is 0. The maximum absolute atomic E-state index is 13.2. The summed E-state index contributed by atoms with van der Waals surface area (Å²) in [6, 6.07) is 2.21. The van der Waals surface area contributed by atoms with E-state index in [1.807, 2.05) is 4.90 Å². The average molecular weight is 324 g/mol. The Bertz CT molecular complexity index is 770. The quantitative estimate of drug-likeness (QED) is 0.846. The first kappa shape index (κ1) is 14.3. The van der Waals surface area contributed by atoms with Crippen molar-refractivity contribution in [2.24, 2.45) is 5.92 Å². The van der Waals surface area contributed by atoms with E-state index in [-0.39, 0.29) is 17.9 Å². The first-order chi connectivity index (χ1) is 10.9. The number of carbonyl (C=O) groups is 1. The third-order valence-electron chi connectivity index (χ3n) is 4.67. The Morgan fingerprint density at radius 1 is 1.22 bits per heavy atom. The van der Waals surface area contributed by atoms with Gasteiger partial charge in [-0.15, -0.1) is 0 Å². The van der Waals surface area contributed by atoms with Gasteiger partial charge in [-0.1, -0.05) is 0 Å². The zero-order valence-electron chi connectivity index (χ0n) is 12.2. The molecular weight excluding hydrogens is 309 g/mol. The molecule has 2 aromatic rings. The van der Waals surface area contributed by atoms with Gasteiger partial charge >= 0.3 is 6.18 Å². The van der Waals surface area contributed by atoms with Gasteiger partial charge in [-0.3, -0.25) is 9.89 Å². The van der Waals surface area contributed by atoms with E-state index in [2.05, 4.69) is 15.5 Å². The van der Waals surface area contributed by atoms with E-state index < -0.39 is 11.7 Å².